The molecule has 41 heavy (non-hydrogen) atoms. The fraction of sp³-hybridized carbons (Fsp3) is 0.286. The minimum Gasteiger partial charge on any atom is -0.352 e. The van der Waals surface area contributed by atoms with E-state index in [4.69, 9.17) is 0 Å². The monoisotopic (exact) mass is 566 g/mol. The van der Waals surface area contributed by atoms with Crippen molar-refractivity contribution in [2.24, 2.45) is 0 Å². The number of hydrogen-bond donors (Lipinski definition) is 2. The van der Waals surface area contributed by atoms with Crippen LogP contribution < -0.4 is 10.0 Å². The predicted molar refractivity (Wildman–Crippen MR) is 170 cm³/mol. The van der Waals surface area contributed by atoms with Crippen molar-refractivity contribution in [2.75, 3.05) is 13.1 Å². The molecule has 0 aliphatic carbocycles. The molecule has 0 saturated heterocycles. The highest BCUT2D eigenvalue weighted by Gasteiger charge is 2.16. The van der Waals surface area contributed by atoms with Crippen LogP contribution in [0.2, 0.25) is 0 Å². The zero-order valence-corrected chi connectivity index (χ0v) is 24.3. The third kappa shape index (κ3) is 7.32. The zero-order chi connectivity index (χ0) is 28.5. The number of rotatable bonds is 14. The average molecular weight is 567 g/mol. The highest BCUT2D eigenvalue weighted by atomic mass is 32.2. The van der Waals surface area contributed by atoms with Gasteiger partial charge in [-0.3, -0.25) is 4.79 Å². The van der Waals surface area contributed by atoms with Crippen molar-refractivity contribution >= 4 is 48.2 Å². The summed E-state index contributed by atoms with van der Waals surface area (Å²) >= 11 is 0. The fourth-order valence-electron chi connectivity index (χ4n) is 5.49. The van der Waals surface area contributed by atoms with Crippen LogP contribution in [0.3, 0.4) is 0 Å². The molecule has 1 amide bonds. The molecule has 0 aliphatic rings. The molecule has 0 unspecified atom stereocenters. The minimum atomic E-state index is -3.52. The van der Waals surface area contributed by atoms with E-state index in [0.29, 0.717) is 18.0 Å². The second-order valence-corrected chi connectivity index (χ2v) is 12.4. The molecule has 5 aromatic carbocycles. The first-order chi connectivity index (χ1) is 20.0. The van der Waals surface area contributed by atoms with E-state index in [1.54, 1.807) is 12.1 Å². The SMILES string of the molecule is O=C(NCCCCCCCCCCNS(=O)(=O)c1cccc2ccccc12)c1cccc2cc3ccccc3cc12. The highest BCUT2D eigenvalue weighted by molar-refractivity contribution is 7.89. The summed E-state index contributed by atoms with van der Waals surface area (Å²) < 4.78 is 28.4. The van der Waals surface area contributed by atoms with Gasteiger partial charge < -0.3 is 5.32 Å². The van der Waals surface area contributed by atoms with Crippen molar-refractivity contribution in [3.05, 3.63) is 103 Å². The number of sulfonamides is 1. The topological polar surface area (TPSA) is 75.3 Å². The van der Waals surface area contributed by atoms with Gasteiger partial charge in [0.1, 0.15) is 0 Å². The summed E-state index contributed by atoms with van der Waals surface area (Å²) in [7, 11) is -3.52. The minimum absolute atomic E-state index is 0.0121. The van der Waals surface area contributed by atoms with Crippen LogP contribution in [0.4, 0.5) is 0 Å². The first kappa shape index (κ1) is 28.8. The van der Waals surface area contributed by atoms with Crippen LogP contribution in [0.5, 0.6) is 0 Å². The number of benzene rings is 5. The van der Waals surface area contributed by atoms with Gasteiger partial charge >= 0.3 is 0 Å². The lowest BCUT2D eigenvalue weighted by atomic mass is 9.99. The van der Waals surface area contributed by atoms with E-state index >= 15 is 0 Å². The smallest absolute Gasteiger partial charge is 0.251 e. The number of fused-ring (bicyclic) bond motifs is 3. The number of carbonyl (C=O) groups excluding carboxylic acids is 1. The van der Waals surface area contributed by atoms with E-state index in [0.717, 1.165) is 83.9 Å². The molecule has 0 radical (unpaired) electrons. The summed E-state index contributed by atoms with van der Waals surface area (Å²) in [5.74, 6) is -0.0121. The van der Waals surface area contributed by atoms with E-state index in [1.165, 1.54) is 5.39 Å². The molecular weight excluding hydrogens is 528 g/mol. The molecule has 5 rings (SSSR count). The van der Waals surface area contributed by atoms with Crippen molar-refractivity contribution in [3.63, 3.8) is 0 Å². The Labute approximate surface area is 243 Å². The van der Waals surface area contributed by atoms with Gasteiger partial charge in [-0.1, -0.05) is 111 Å². The lowest BCUT2D eigenvalue weighted by molar-refractivity contribution is 0.0954. The van der Waals surface area contributed by atoms with Gasteiger partial charge in [-0.25, -0.2) is 13.1 Å². The molecule has 0 aromatic heterocycles. The Hall–Kier alpha value is -3.74. The molecule has 0 bridgehead atoms. The van der Waals surface area contributed by atoms with E-state index in [-0.39, 0.29) is 5.91 Å². The normalized spacial score (nSPS) is 11.8. The van der Waals surface area contributed by atoms with Crippen molar-refractivity contribution in [1.82, 2.24) is 10.0 Å². The third-order valence-corrected chi connectivity index (χ3v) is 9.23. The van der Waals surface area contributed by atoms with E-state index in [1.807, 2.05) is 54.6 Å². The van der Waals surface area contributed by atoms with E-state index in [2.05, 4.69) is 40.4 Å². The number of hydrogen-bond acceptors (Lipinski definition) is 3. The van der Waals surface area contributed by atoms with E-state index < -0.39 is 10.0 Å². The van der Waals surface area contributed by atoms with Gasteiger partial charge in [-0.15, -0.1) is 0 Å². The van der Waals surface area contributed by atoms with Gasteiger partial charge in [0.25, 0.3) is 5.91 Å². The quantitative estimate of drug-likeness (QED) is 0.106. The Balaban J connectivity index is 0.948. The van der Waals surface area contributed by atoms with E-state index in [9.17, 15) is 13.2 Å². The Morgan fingerprint density at radius 1 is 0.537 bits per heavy atom. The van der Waals surface area contributed by atoms with Crippen LogP contribution in [0.1, 0.15) is 61.7 Å². The van der Waals surface area contributed by atoms with Crippen LogP contribution >= 0.6 is 0 Å². The van der Waals surface area contributed by atoms with Gasteiger partial charge in [0, 0.05) is 24.0 Å². The lowest BCUT2D eigenvalue weighted by Gasteiger charge is -2.10. The van der Waals surface area contributed by atoms with Crippen molar-refractivity contribution in [2.45, 2.75) is 56.3 Å². The summed E-state index contributed by atoms with van der Waals surface area (Å²) in [5, 5.41) is 9.18. The van der Waals surface area contributed by atoms with Crippen LogP contribution in [0.25, 0.3) is 32.3 Å². The number of nitrogens with one attached hydrogen (secondary N) is 2. The summed E-state index contributed by atoms with van der Waals surface area (Å²) in [4.78, 5) is 13.2. The lowest BCUT2D eigenvalue weighted by Crippen LogP contribution is -2.25. The highest BCUT2D eigenvalue weighted by Crippen LogP contribution is 2.26. The van der Waals surface area contributed by atoms with Gasteiger partial charge in [0.2, 0.25) is 10.0 Å². The molecule has 5 nitrogen and oxygen atoms in total. The van der Waals surface area contributed by atoms with Crippen molar-refractivity contribution < 1.29 is 13.2 Å². The van der Waals surface area contributed by atoms with Crippen molar-refractivity contribution in [1.29, 1.82) is 0 Å². The number of unbranched alkanes of at least 4 members (excludes halogenated alkanes) is 7. The molecule has 2 N–H and O–H groups in total. The third-order valence-electron chi connectivity index (χ3n) is 7.71. The second-order valence-electron chi connectivity index (χ2n) is 10.7. The molecule has 0 aliphatic heterocycles. The Bertz CT molecular complexity index is 1740. The van der Waals surface area contributed by atoms with Crippen LogP contribution in [0.15, 0.2) is 102 Å². The largest absolute Gasteiger partial charge is 0.352 e. The fourth-order valence-corrected chi connectivity index (χ4v) is 6.79. The summed E-state index contributed by atoms with van der Waals surface area (Å²) in [5.41, 5.74) is 0.729. The van der Waals surface area contributed by atoms with Crippen molar-refractivity contribution in [3.8, 4) is 0 Å². The summed E-state index contributed by atoms with van der Waals surface area (Å²) in [6.07, 6.45) is 8.44. The first-order valence-corrected chi connectivity index (χ1v) is 16.2. The molecule has 0 atom stereocenters. The van der Waals surface area contributed by atoms with Gasteiger partial charge in [-0.2, -0.15) is 0 Å². The molecule has 212 valence electrons. The second kappa shape index (κ2) is 13.7. The maximum Gasteiger partial charge on any atom is 0.251 e. The summed E-state index contributed by atoms with van der Waals surface area (Å²) in [6, 6.07) is 31.4. The Morgan fingerprint density at radius 3 is 1.85 bits per heavy atom. The maximum absolute atomic E-state index is 12.9. The van der Waals surface area contributed by atoms with Crippen LogP contribution in [-0.4, -0.2) is 27.4 Å². The number of amides is 1. The Morgan fingerprint density at radius 2 is 1.10 bits per heavy atom. The standard InChI is InChI=1S/C35H38N2O3S/c38-35(32-21-13-19-30-25-28-16-7-8-17-29(28)26-33(30)32)36-23-11-5-3-1-2-4-6-12-24-37-41(39,40)34-22-14-18-27-15-9-10-20-31(27)34/h7-10,13-22,25-26,37H,1-6,11-12,23-24H2,(H,36,38). The molecule has 0 heterocycles. The molecule has 0 fully saturated rings. The Kier molecular flexibility index (Phi) is 9.65. The van der Waals surface area contributed by atoms with Gasteiger partial charge in [0.05, 0.1) is 4.90 Å². The van der Waals surface area contributed by atoms with Gasteiger partial charge in [-0.05, 0) is 64.0 Å². The molecular formula is C35H38N2O3S. The first-order valence-electron chi connectivity index (χ1n) is 14.7. The average Bonchev–Trinajstić information content (AvgIpc) is 2.99. The predicted octanol–water partition coefficient (Wildman–Crippen LogP) is 7.98. The molecule has 5 aromatic rings. The van der Waals surface area contributed by atoms with Gasteiger partial charge in [0.15, 0.2) is 0 Å². The number of carbonyl (C=O) groups is 1. The van der Waals surface area contributed by atoms with Crippen LogP contribution in [-0.2, 0) is 10.0 Å². The molecule has 6 heteroatoms. The molecule has 0 saturated carbocycles. The summed E-state index contributed by atoms with van der Waals surface area (Å²) in [6.45, 7) is 1.14. The zero-order valence-electron chi connectivity index (χ0n) is 23.4. The molecule has 0 spiro atoms. The maximum atomic E-state index is 12.9. The van der Waals surface area contributed by atoms with Crippen LogP contribution in [0, 0.1) is 0 Å².